The Morgan fingerprint density at radius 2 is 2.08 bits per heavy atom. The number of thiazole rings is 1. The van der Waals surface area contributed by atoms with Crippen molar-refractivity contribution in [3.05, 3.63) is 56.1 Å². The fourth-order valence-corrected chi connectivity index (χ4v) is 4.16. The van der Waals surface area contributed by atoms with E-state index in [4.69, 9.17) is 4.74 Å². The lowest BCUT2D eigenvalue weighted by atomic mass is 10.1. The van der Waals surface area contributed by atoms with Crippen molar-refractivity contribution in [2.75, 3.05) is 13.2 Å². The second-order valence-electron chi connectivity index (χ2n) is 6.81. The van der Waals surface area contributed by atoms with Crippen LogP contribution in [0.5, 0.6) is 0 Å². The monoisotopic (exact) mass is 374 g/mol. The summed E-state index contributed by atoms with van der Waals surface area (Å²) >= 11 is 1.25. The lowest BCUT2D eigenvalue weighted by molar-refractivity contribution is -0.133. The van der Waals surface area contributed by atoms with Crippen LogP contribution >= 0.6 is 11.3 Å². The first kappa shape index (κ1) is 18.9. The molecule has 1 aromatic carbocycles. The van der Waals surface area contributed by atoms with Gasteiger partial charge in [0.1, 0.15) is 0 Å². The second-order valence-corrected chi connectivity index (χ2v) is 7.97. The molecule has 1 aliphatic heterocycles. The normalized spacial score (nSPS) is 16.8. The van der Waals surface area contributed by atoms with E-state index < -0.39 is 0 Å². The minimum atomic E-state index is 0.0153. The van der Waals surface area contributed by atoms with Gasteiger partial charge in [-0.25, -0.2) is 0 Å². The van der Waals surface area contributed by atoms with Gasteiger partial charge < -0.3 is 14.2 Å². The average molecular weight is 375 g/mol. The van der Waals surface area contributed by atoms with E-state index in [0.717, 1.165) is 35.6 Å². The number of benzene rings is 1. The molecule has 2 aromatic rings. The van der Waals surface area contributed by atoms with Gasteiger partial charge in [0.25, 0.3) is 0 Å². The quantitative estimate of drug-likeness (QED) is 0.748. The largest absolute Gasteiger partial charge is 0.376 e. The van der Waals surface area contributed by atoms with Crippen molar-refractivity contribution in [3.8, 4) is 0 Å². The van der Waals surface area contributed by atoms with Gasteiger partial charge in [0, 0.05) is 43.2 Å². The number of ether oxygens (including phenoxy) is 1. The van der Waals surface area contributed by atoms with Gasteiger partial charge in [0.05, 0.1) is 6.10 Å². The van der Waals surface area contributed by atoms with Crippen molar-refractivity contribution in [2.45, 2.75) is 52.3 Å². The number of amides is 1. The molecule has 1 saturated heterocycles. The van der Waals surface area contributed by atoms with Gasteiger partial charge in [-0.15, -0.1) is 0 Å². The third-order valence-corrected chi connectivity index (χ3v) is 5.94. The topological polar surface area (TPSA) is 51.5 Å². The van der Waals surface area contributed by atoms with E-state index in [1.54, 1.807) is 4.57 Å². The first-order chi connectivity index (χ1) is 12.5. The molecule has 1 aliphatic rings. The molecule has 1 atom stereocenters. The Bertz CT molecular complexity index is 791. The summed E-state index contributed by atoms with van der Waals surface area (Å²) in [4.78, 5) is 27.9. The number of hydrogen-bond donors (Lipinski definition) is 0. The van der Waals surface area contributed by atoms with E-state index in [2.05, 4.69) is 0 Å². The van der Waals surface area contributed by atoms with Crippen LogP contribution in [0.2, 0.25) is 0 Å². The zero-order chi connectivity index (χ0) is 18.5. The van der Waals surface area contributed by atoms with Crippen LogP contribution in [0.25, 0.3) is 0 Å². The van der Waals surface area contributed by atoms with E-state index in [1.807, 2.05) is 49.1 Å². The molecule has 1 fully saturated rings. The van der Waals surface area contributed by atoms with E-state index in [1.165, 1.54) is 11.3 Å². The Hall–Kier alpha value is -1.92. The number of aromatic nitrogens is 1. The van der Waals surface area contributed by atoms with Gasteiger partial charge in [-0.1, -0.05) is 41.7 Å². The molecule has 0 radical (unpaired) electrons. The fraction of sp³-hybridized carbons (Fsp3) is 0.500. The van der Waals surface area contributed by atoms with E-state index >= 15 is 0 Å². The minimum absolute atomic E-state index is 0.0153. The molecule has 0 N–H and O–H groups in total. The molecule has 0 bridgehead atoms. The van der Waals surface area contributed by atoms with Crippen molar-refractivity contribution >= 4 is 17.2 Å². The first-order valence-electron chi connectivity index (χ1n) is 9.14. The molecule has 6 heteroatoms. The molecule has 1 aromatic heterocycles. The Labute approximate surface area is 158 Å². The Kier molecular flexibility index (Phi) is 6.27. The minimum Gasteiger partial charge on any atom is -0.376 e. The standard InChI is InChI=1S/C20H26N2O3S/c1-15-16(2)26-20(24)22(15)11-10-19(23)21(14-18-9-6-12-25-18)13-17-7-4-3-5-8-17/h3-5,7-8,18H,6,9-14H2,1-2H3. The summed E-state index contributed by atoms with van der Waals surface area (Å²) in [6, 6.07) is 10.0. The highest BCUT2D eigenvalue weighted by Gasteiger charge is 2.23. The summed E-state index contributed by atoms with van der Waals surface area (Å²) in [5.41, 5.74) is 2.07. The number of aryl methyl sites for hydroxylation is 1. The zero-order valence-electron chi connectivity index (χ0n) is 15.4. The van der Waals surface area contributed by atoms with Crippen molar-refractivity contribution in [1.29, 1.82) is 0 Å². The highest BCUT2D eigenvalue weighted by molar-refractivity contribution is 7.09. The van der Waals surface area contributed by atoms with Crippen molar-refractivity contribution < 1.29 is 9.53 Å². The molecule has 3 rings (SSSR count). The van der Waals surface area contributed by atoms with Crippen LogP contribution in [0.4, 0.5) is 0 Å². The second kappa shape index (κ2) is 8.64. The summed E-state index contributed by atoms with van der Waals surface area (Å²) in [6.45, 7) is 6.29. The van der Waals surface area contributed by atoms with Crippen LogP contribution in [0.3, 0.4) is 0 Å². The lowest BCUT2D eigenvalue weighted by Gasteiger charge is -2.26. The summed E-state index contributed by atoms with van der Waals surface area (Å²) in [5, 5.41) is 0. The van der Waals surface area contributed by atoms with Gasteiger partial charge in [0.2, 0.25) is 5.91 Å². The van der Waals surface area contributed by atoms with E-state index in [9.17, 15) is 9.59 Å². The number of rotatable bonds is 7. The zero-order valence-corrected chi connectivity index (χ0v) is 16.3. The molecular formula is C20H26N2O3S. The molecule has 140 valence electrons. The average Bonchev–Trinajstić information content (AvgIpc) is 3.22. The predicted molar refractivity (Wildman–Crippen MR) is 104 cm³/mol. The van der Waals surface area contributed by atoms with Gasteiger partial charge in [-0.3, -0.25) is 9.59 Å². The summed E-state index contributed by atoms with van der Waals surface area (Å²) in [6.07, 6.45) is 2.51. The third kappa shape index (κ3) is 4.62. The molecular weight excluding hydrogens is 348 g/mol. The van der Waals surface area contributed by atoms with Gasteiger partial charge in [0.15, 0.2) is 0 Å². The third-order valence-electron chi connectivity index (χ3n) is 4.94. The number of hydrogen-bond acceptors (Lipinski definition) is 4. The molecule has 2 heterocycles. The molecule has 5 nitrogen and oxygen atoms in total. The Morgan fingerprint density at radius 1 is 1.31 bits per heavy atom. The maximum Gasteiger partial charge on any atom is 0.307 e. The van der Waals surface area contributed by atoms with Crippen LogP contribution in [-0.2, 0) is 22.6 Å². The van der Waals surface area contributed by atoms with Gasteiger partial charge >= 0.3 is 4.87 Å². The predicted octanol–water partition coefficient (Wildman–Crippen LogP) is 3.12. The highest BCUT2D eigenvalue weighted by Crippen LogP contribution is 2.17. The molecule has 26 heavy (non-hydrogen) atoms. The smallest absolute Gasteiger partial charge is 0.307 e. The SMILES string of the molecule is Cc1sc(=O)n(CCC(=O)N(Cc2ccccc2)CC2CCCO2)c1C. The van der Waals surface area contributed by atoms with Crippen LogP contribution in [0.1, 0.15) is 35.4 Å². The van der Waals surface area contributed by atoms with Gasteiger partial charge in [-0.2, -0.15) is 0 Å². The van der Waals surface area contributed by atoms with Crippen LogP contribution in [-0.4, -0.2) is 34.6 Å². The summed E-state index contributed by atoms with van der Waals surface area (Å²) in [7, 11) is 0. The van der Waals surface area contributed by atoms with Crippen molar-refractivity contribution in [2.24, 2.45) is 0 Å². The van der Waals surface area contributed by atoms with E-state index in [-0.39, 0.29) is 16.9 Å². The maximum atomic E-state index is 12.9. The number of carbonyl (C=O) groups excluding carboxylic acids is 1. The molecule has 1 unspecified atom stereocenters. The van der Waals surface area contributed by atoms with Crippen LogP contribution < -0.4 is 4.87 Å². The fourth-order valence-electron chi connectivity index (χ4n) is 3.30. The van der Waals surface area contributed by atoms with Crippen molar-refractivity contribution in [1.82, 2.24) is 9.47 Å². The molecule has 0 spiro atoms. The number of carbonyl (C=O) groups is 1. The molecule has 1 amide bonds. The van der Waals surface area contributed by atoms with E-state index in [0.29, 0.717) is 26.1 Å². The number of nitrogens with zero attached hydrogens (tertiary/aromatic N) is 2. The van der Waals surface area contributed by atoms with Crippen molar-refractivity contribution in [3.63, 3.8) is 0 Å². The summed E-state index contributed by atoms with van der Waals surface area (Å²) < 4.78 is 7.44. The van der Waals surface area contributed by atoms with Crippen LogP contribution in [0.15, 0.2) is 35.1 Å². The lowest BCUT2D eigenvalue weighted by Crippen LogP contribution is -2.37. The molecule has 0 aliphatic carbocycles. The maximum absolute atomic E-state index is 12.9. The van der Waals surface area contributed by atoms with Gasteiger partial charge in [-0.05, 0) is 32.3 Å². The Morgan fingerprint density at radius 3 is 2.69 bits per heavy atom. The first-order valence-corrected chi connectivity index (χ1v) is 9.96. The molecule has 0 saturated carbocycles. The Balaban J connectivity index is 1.68. The van der Waals surface area contributed by atoms with Crippen LogP contribution in [0, 0.1) is 13.8 Å². The highest BCUT2D eigenvalue weighted by atomic mass is 32.1. The summed E-state index contributed by atoms with van der Waals surface area (Å²) in [5.74, 6) is 0.0690.